The average molecular weight is 382 g/mol. The van der Waals surface area contributed by atoms with Gasteiger partial charge >= 0.3 is 0 Å². The van der Waals surface area contributed by atoms with Gasteiger partial charge in [0.25, 0.3) is 0 Å². The van der Waals surface area contributed by atoms with Crippen LogP contribution in [0.1, 0.15) is 12.5 Å². The second-order valence-electron chi connectivity index (χ2n) is 5.97. The molecule has 1 amide bonds. The maximum absolute atomic E-state index is 13.2. The van der Waals surface area contributed by atoms with Crippen molar-refractivity contribution in [1.29, 1.82) is 0 Å². The largest absolute Gasteiger partial charge is 0.489 e. The normalized spacial score (nSPS) is 11.9. The van der Waals surface area contributed by atoms with E-state index in [0.29, 0.717) is 29.5 Å². The molecular weight excluding hydrogens is 359 g/mol. The summed E-state index contributed by atoms with van der Waals surface area (Å²) in [7, 11) is 1.60. The number of hydrogen-bond acceptors (Lipinski definition) is 3. The predicted octanol–water partition coefficient (Wildman–Crippen LogP) is 2.38. The maximum atomic E-state index is 13.2. The van der Waals surface area contributed by atoms with E-state index in [1.807, 2.05) is 6.92 Å². The van der Waals surface area contributed by atoms with Crippen LogP contribution in [0.5, 0.6) is 5.75 Å². The lowest BCUT2D eigenvalue weighted by atomic mass is 10.2. The van der Waals surface area contributed by atoms with Crippen molar-refractivity contribution < 1.29 is 13.9 Å². The second-order valence-corrected chi connectivity index (χ2v) is 5.97. The first kappa shape index (κ1) is 20.8. The molecular formula is C21H23FN4O2. The zero-order chi connectivity index (χ0) is 20.4. The number of aliphatic imine (C=N–C) groups is 1. The molecule has 0 saturated carbocycles. The number of amides is 1. The number of anilines is 1. The highest BCUT2D eigenvalue weighted by atomic mass is 19.1. The molecule has 0 radical (unpaired) electrons. The summed E-state index contributed by atoms with van der Waals surface area (Å²) >= 11 is 0. The Bertz CT molecular complexity index is 877. The van der Waals surface area contributed by atoms with Crippen LogP contribution in [0.2, 0.25) is 0 Å². The highest BCUT2D eigenvalue weighted by Crippen LogP contribution is 2.13. The van der Waals surface area contributed by atoms with Gasteiger partial charge in [0, 0.05) is 24.4 Å². The summed E-state index contributed by atoms with van der Waals surface area (Å²) in [5, 5.41) is 8.73. The van der Waals surface area contributed by atoms with E-state index in [4.69, 9.17) is 11.2 Å². The monoisotopic (exact) mass is 382 g/mol. The van der Waals surface area contributed by atoms with Gasteiger partial charge in [-0.15, -0.1) is 6.42 Å². The lowest BCUT2D eigenvalue weighted by Crippen LogP contribution is -2.44. The third-order valence-electron chi connectivity index (χ3n) is 3.64. The van der Waals surface area contributed by atoms with E-state index in [1.165, 1.54) is 12.1 Å². The minimum absolute atomic E-state index is 0.0269. The molecule has 0 aliphatic rings. The summed E-state index contributed by atoms with van der Waals surface area (Å²) in [5.41, 5.74) is 1.32. The molecule has 146 valence electrons. The highest BCUT2D eigenvalue weighted by molar-refractivity contribution is 5.95. The molecule has 1 atom stereocenters. The standard InChI is InChI=1S/C21H23FN4O2/c1-4-16-7-5-9-18(11-16)26-20(27)14-25-21(23-3)24-13-15(2)28-19-10-6-8-17(22)12-19/h1,5-12,15H,13-14H2,2-3H3,(H,26,27)(H2,23,24,25). The van der Waals surface area contributed by atoms with E-state index in [-0.39, 0.29) is 24.4 Å². The van der Waals surface area contributed by atoms with Gasteiger partial charge in [0.15, 0.2) is 5.96 Å². The Morgan fingerprint density at radius 1 is 1.25 bits per heavy atom. The van der Waals surface area contributed by atoms with Crippen molar-refractivity contribution >= 4 is 17.6 Å². The number of benzene rings is 2. The van der Waals surface area contributed by atoms with E-state index >= 15 is 0 Å². The van der Waals surface area contributed by atoms with E-state index in [2.05, 4.69) is 26.9 Å². The van der Waals surface area contributed by atoms with Crippen LogP contribution in [0.15, 0.2) is 53.5 Å². The summed E-state index contributed by atoms with van der Waals surface area (Å²) in [5.74, 6) is 2.83. The minimum Gasteiger partial charge on any atom is -0.489 e. The van der Waals surface area contributed by atoms with Crippen LogP contribution < -0.4 is 20.7 Å². The van der Waals surface area contributed by atoms with Crippen molar-refractivity contribution in [3.63, 3.8) is 0 Å². The third kappa shape index (κ3) is 7.00. The van der Waals surface area contributed by atoms with Gasteiger partial charge in [0.2, 0.25) is 5.91 Å². The number of terminal acetylenes is 1. The van der Waals surface area contributed by atoms with Crippen LogP contribution in [0.4, 0.5) is 10.1 Å². The molecule has 0 heterocycles. The van der Waals surface area contributed by atoms with Crippen molar-refractivity contribution in [2.45, 2.75) is 13.0 Å². The number of carbonyl (C=O) groups excluding carboxylic acids is 1. The van der Waals surface area contributed by atoms with Crippen LogP contribution in [0.3, 0.4) is 0 Å². The number of halogens is 1. The molecule has 0 saturated heterocycles. The van der Waals surface area contributed by atoms with Gasteiger partial charge in [-0.1, -0.05) is 18.1 Å². The average Bonchev–Trinajstić information content (AvgIpc) is 2.68. The van der Waals surface area contributed by atoms with Crippen molar-refractivity contribution in [2.24, 2.45) is 4.99 Å². The molecule has 0 fully saturated rings. The fourth-order valence-electron chi connectivity index (χ4n) is 2.33. The second kappa shape index (κ2) is 10.6. The molecule has 0 aliphatic heterocycles. The number of nitrogens with one attached hydrogen (secondary N) is 3. The summed E-state index contributed by atoms with van der Waals surface area (Å²) in [6.07, 6.45) is 5.12. The number of guanidine groups is 1. The van der Waals surface area contributed by atoms with Crippen LogP contribution in [0.25, 0.3) is 0 Å². The lowest BCUT2D eigenvalue weighted by molar-refractivity contribution is -0.115. The van der Waals surface area contributed by atoms with Gasteiger partial charge in [-0.05, 0) is 37.3 Å². The molecule has 2 aromatic carbocycles. The fourth-order valence-corrected chi connectivity index (χ4v) is 2.33. The van der Waals surface area contributed by atoms with Gasteiger partial charge in [-0.25, -0.2) is 4.39 Å². The molecule has 3 N–H and O–H groups in total. The highest BCUT2D eigenvalue weighted by Gasteiger charge is 2.08. The van der Waals surface area contributed by atoms with Gasteiger partial charge < -0.3 is 20.7 Å². The van der Waals surface area contributed by atoms with Crippen molar-refractivity contribution in [3.05, 3.63) is 59.9 Å². The molecule has 28 heavy (non-hydrogen) atoms. The molecule has 0 spiro atoms. The Kier molecular flexibility index (Phi) is 7.85. The molecule has 6 nitrogen and oxygen atoms in total. The quantitative estimate of drug-likeness (QED) is 0.391. The van der Waals surface area contributed by atoms with Crippen LogP contribution >= 0.6 is 0 Å². The SMILES string of the molecule is C#Cc1cccc(NC(=O)CNC(=NC)NCC(C)Oc2cccc(F)c2)c1. The first-order valence-electron chi connectivity index (χ1n) is 8.73. The molecule has 2 rings (SSSR count). The number of carbonyl (C=O) groups is 1. The first-order chi connectivity index (χ1) is 13.5. The van der Waals surface area contributed by atoms with Gasteiger partial charge in [0.1, 0.15) is 17.7 Å². The smallest absolute Gasteiger partial charge is 0.243 e. The Labute approximate surface area is 164 Å². The topological polar surface area (TPSA) is 74.8 Å². The zero-order valence-electron chi connectivity index (χ0n) is 15.8. The summed E-state index contributed by atoms with van der Waals surface area (Å²) < 4.78 is 18.8. The Balaban J connectivity index is 1.76. The molecule has 1 unspecified atom stereocenters. The first-order valence-corrected chi connectivity index (χ1v) is 8.73. The number of ether oxygens (including phenoxy) is 1. The van der Waals surface area contributed by atoms with E-state index in [9.17, 15) is 9.18 Å². The van der Waals surface area contributed by atoms with Crippen LogP contribution in [-0.4, -0.2) is 38.1 Å². The zero-order valence-corrected chi connectivity index (χ0v) is 15.8. The Hall–Kier alpha value is -3.53. The molecule has 0 aromatic heterocycles. The molecule has 0 bridgehead atoms. The molecule has 7 heteroatoms. The molecule has 0 aliphatic carbocycles. The third-order valence-corrected chi connectivity index (χ3v) is 3.64. The number of rotatable bonds is 7. The van der Waals surface area contributed by atoms with E-state index in [0.717, 1.165) is 0 Å². The van der Waals surface area contributed by atoms with Crippen LogP contribution in [-0.2, 0) is 4.79 Å². The summed E-state index contributed by atoms with van der Waals surface area (Å²) in [6.45, 7) is 2.29. The lowest BCUT2D eigenvalue weighted by Gasteiger charge is -2.17. The summed E-state index contributed by atoms with van der Waals surface area (Å²) in [4.78, 5) is 16.1. The maximum Gasteiger partial charge on any atom is 0.243 e. The molecule has 2 aromatic rings. The number of hydrogen-bond donors (Lipinski definition) is 3. The van der Waals surface area contributed by atoms with Crippen molar-refractivity contribution in [3.8, 4) is 18.1 Å². The van der Waals surface area contributed by atoms with Gasteiger partial charge in [-0.3, -0.25) is 9.79 Å². The van der Waals surface area contributed by atoms with Gasteiger partial charge in [-0.2, -0.15) is 0 Å². The predicted molar refractivity (Wildman–Crippen MR) is 109 cm³/mol. The van der Waals surface area contributed by atoms with E-state index in [1.54, 1.807) is 43.4 Å². The van der Waals surface area contributed by atoms with Gasteiger partial charge in [0.05, 0.1) is 13.1 Å². The Morgan fingerprint density at radius 3 is 2.75 bits per heavy atom. The minimum atomic E-state index is -0.353. The van der Waals surface area contributed by atoms with Crippen molar-refractivity contribution in [1.82, 2.24) is 10.6 Å². The van der Waals surface area contributed by atoms with Crippen LogP contribution in [0, 0.1) is 18.2 Å². The fraction of sp³-hybridized carbons (Fsp3) is 0.238. The Morgan fingerprint density at radius 2 is 2.04 bits per heavy atom. The van der Waals surface area contributed by atoms with E-state index < -0.39 is 0 Å². The van der Waals surface area contributed by atoms with Crippen molar-refractivity contribution in [2.75, 3.05) is 25.5 Å². The number of nitrogens with zero attached hydrogens (tertiary/aromatic N) is 1. The summed E-state index contributed by atoms with van der Waals surface area (Å²) in [6, 6.07) is 13.0.